The van der Waals surface area contributed by atoms with Gasteiger partial charge in [-0.25, -0.2) is 8.42 Å². The molecule has 0 aliphatic carbocycles. The Morgan fingerprint density at radius 1 is 1.07 bits per heavy atom. The molecule has 1 unspecified atom stereocenters. The maximum absolute atomic E-state index is 12.4. The van der Waals surface area contributed by atoms with E-state index in [2.05, 4.69) is 10.0 Å². The van der Waals surface area contributed by atoms with Crippen LogP contribution in [0.5, 0.6) is 11.5 Å². The second kappa shape index (κ2) is 10.6. The lowest BCUT2D eigenvalue weighted by molar-refractivity contribution is -0.148. The molecule has 0 aromatic heterocycles. The van der Waals surface area contributed by atoms with E-state index in [9.17, 15) is 18.0 Å². The van der Waals surface area contributed by atoms with Crippen molar-refractivity contribution >= 4 is 27.6 Å². The van der Waals surface area contributed by atoms with Crippen LogP contribution in [0, 0.1) is 0 Å². The van der Waals surface area contributed by atoms with Crippen molar-refractivity contribution < 1.29 is 32.2 Å². The minimum absolute atomic E-state index is 0.0341. The van der Waals surface area contributed by atoms with Gasteiger partial charge in [0.15, 0.2) is 6.61 Å². The predicted octanol–water partition coefficient (Wildman–Crippen LogP) is 1.94. The number of carbonyl (C=O) groups excluding carboxylic acids is 2. The van der Waals surface area contributed by atoms with E-state index in [1.807, 2.05) is 6.92 Å². The van der Waals surface area contributed by atoms with Crippen molar-refractivity contribution in [3.05, 3.63) is 48.5 Å². The van der Waals surface area contributed by atoms with Gasteiger partial charge in [0.05, 0.1) is 24.3 Å². The molecule has 0 bridgehead atoms. The smallest absolute Gasteiger partial charge is 0.324 e. The van der Waals surface area contributed by atoms with Crippen LogP contribution in [0.3, 0.4) is 0 Å². The standard InChI is InChI=1S/C20H24N2O7S/c1-4-28-18-8-6-5-7-17(18)21-19(23)13-29-20(24)14(2)22-30(25,26)16-11-9-15(27-3)10-12-16/h5-12,14,22H,4,13H2,1-3H3,(H,21,23). The summed E-state index contributed by atoms with van der Waals surface area (Å²) in [6.45, 7) is 2.99. The van der Waals surface area contributed by atoms with Gasteiger partial charge in [-0.3, -0.25) is 9.59 Å². The fraction of sp³-hybridized carbons (Fsp3) is 0.300. The first-order valence-electron chi connectivity index (χ1n) is 9.11. The molecule has 162 valence electrons. The summed E-state index contributed by atoms with van der Waals surface area (Å²) in [6, 6.07) is 11.3. The fourth-order valence-corrected chi connectivity index (χ4v) is 3.60. The number of amides is 1. The quantitative estimate of drug-likeness (QED) is 0.546. The van der Waals surface area contributed by atoms with Crippen molar-refractivity contribution in [3.63, 3.8) is 0 Å². The van der Waals surface area contributed by atoms with E-state index in [-0.39, 0.29) is 4.90 Å². The molecule has 0 saturated heterocycles. The first-order valence-corrected chi connectivity index (χ1v) is 10.6. The van der Waals surface area contributed by atoms with Crippen molar-refractivity contribution in [2.24, 2.45) is 0 Å². The van der Waals surface area contributed by atoms with Crippen LogP contribution < -0.4 is 19.5 Å². The highest BCUT2D eigenvalue weighted by Gasteiger charge is 2.24. The van der Waals surface area contributed by atoms with Gasteiger partial charge in [-0.05, 0) is 50.2 Å². The summed E-state index contributed by atoms with van der Waals surface area (Å²) in [5.74, 6) is -0.486. The number of hydrogen-bond acceptors (Lipinski definition) is 7. The molecule has 2 rings (SSSR count). The highest BCUT2D eigenvalue weighted by molar-refractivity contribution is 7.89. The lowest BCUT2D eigenvalue weighted by atomic mass is 10.3. The predicted molar refractivity (Wildman–Crippen MR) is 110 cm³/mol. The van der Waals surface area contributed by atoms with E-state index >= 15 is 0 Å². The minimum Gasteiger partial charge on any atom is -0.497 e. The number of esters is 1. The fourth-order valence-electron chi connectivity index (χ4n) is 2.40. The molecule has 1 amide bonds. The van der Waals surface area contributed by atoms with Crippen molar-refractivity contribution in [2.75, 3.05) is 25.6 Å². The molecule has 9 nitrogen and oxygen atoms in total. The van der Waals surface area contributed by atoms with Crippen LogP contribution in [0.2, 0.25) is 0 Å². The molecule has 0 radical (unpaired) electrons. The third kappa shape index (κ3) is 6.46. The molecule has 30 heavy (non-hydrogen) atoms. The van der Waals surface area contributed by atoms with Crippen molar-refractivity contribution in [1.82, 2.24) is 4.72 Å². The molecular weight excluding hydrogens is 412 g/mol. The Balaban J connectivity index is 1.90. The Bertz CT molecular complexity index is 975. The molecule has 1 atom stereocenters. The Labute approximate surface area is 175 Å². The van der Waals surface area contributed by atoms with E-state index in [4.69, 9.17) is 14.2 Å². The number of rotatable bonds is 10. The Morgan fingerprint density at radius 2 is 1.73 bits per heavy atom. The van der Waals surface area contributed by atoms with Gasteiger partial charge >= 0.3 is 5.97 Å². The van der Waals surface area contributed by atoms with Crippen LogP contribution in [-0.4, -0.2) is 46.7 Å². The first-order chi connectivity index (χ1) is 14.3. The van der Waals surface area contributed by atoms with E-state index in [0.29, 0.717) is 23.8 Å². The molecule has 0 spiro atoms. The number of carbonyl (C=O) groups is 2. The van der Waals surface area contributed by atoms with Crippen LogP contribution in [-0.2, 0) is 24.3 Å². The summed E-state index contributed by atoms with van der Waals surface area (Å²) < 4.78 is 42.3. The molecule has 0 saturated carbocycles. The van der Waals surface area contributed by atoms with Gasteiger partial charge in [0.2, 0.25) is 10.0 Å². The van der Waals surface area contributed by atoms with Crippen LogP contribution in [0.4, 0.5) is 5.69 Å². The molecule has 0 fully saturated rings. The van der Waals surface area contributed by atoms with Crippen LogP contribution in [0.15, 0.2) is 53.4 Å². The van der Waals surface area contributed by atoms with Crippen LogP contribution in [0.25, 0.3) is 0 Å². The van der Waals surface area contributed by atoms with Gasteiger partial charge in [0.1, 0.15) is 17.5 Å². The number of ether oxygens (including phenoxy) is 3. The Hall–Kier alpha value is -3.11. The molecule has 2 aromatic rings. The van der Waals surface area contributed by atoms with Gasteiger partial charge < -0.3 is 19.5 Å². The summed E-state index contributed by atoms with van der Waals surface area (Å²) in [4.78, 5) is 24.1. The molecule has 0 aliphatic rings. The van der Waals surface area contributed by atoms with Crippen molar-refractivity contribution in [2.45, 2.75) is 24.8 Å². The van der Waals surface area contributed by atoms with Crippen LogP contribution in [0.1, 0.15) is 13.8 Å². The third-order valence-corrected chi connectivity index (χ3v) is 5.42. The molecular formula is C20H24N2O7S. The summed E-state index contributed by atoms with van der Waals surface area (Å²) >= 11 is 0. The van der Waals surface area contributed by atoms with Gasteiger partial charge in [-0.15, -0.1) is 0 Å². The van der Waals surface area contributed by atoms with Crippen molar-refractivity contribution in [1.29, 1.82) is 0 Å². The lowest BCUT2D eigenvalue weighted by Crippen LogP contribution is -2.40. The van der Waals surface area contributed by atoms with E-state index < -0.39 is 34.5 Å². The maximum Gasteiger partial charge on any atom is 0.324 e. The normalized spacial score (nSPS) is 12.0. The summed E-state index contributed by atoms with van der Waals surface area (Å²) in [7, 11) is -2.49. The number of anilines is 1. The van der Waals surface area contributed by atoms with Gasteiger partial charge in [-0.2, -0.15) is 4.72 Å². The maximum atomic E-state index is 12.4. The average molecular weight is 436 g/mol. The second-order valence-electron chi connectivity index (χ2n) is 6.10. The SMILES string of the molecule is CCOc1ccccc1NC(=O)COC(=O)C(C)NS(=O)(=O)c1ccc(OC)cc1. The highest BCUT2D eigenvalue weighted by atomic mass is 32.2. The number of hydrogen-bond donors (Lipinski definition) is 2. The molecule has 2 aromatic carbocycles. The number of para-hydroxylation sites is 2. The molecule has 0 aliphatic heterocycles. The highest BCUT2D eigenvalue weighted by Crippen LogP contribution is 2.23. The molecule has 0 heterocycles. The van der Waals surface area contributed by atoms with E-state index in [0.717, 1.165) is 0 Å². The Kier molecular flexibility index (Phi) is 8.19. The molecule has 2 N–H and O–H groups in total. The monoisotopic (exact) mass is 436 g/mol. The minimum atomic E-state index is -3.95. The number of benzene rings is 2. The van der Waals surface area contributed by atoms with Gasteiger partial charge in [0, 0.05) is 0 Å². The summed E-state index contributed by atoms with van der Waals surface area (Å²) in [6.07, 6.45) is 0. The lowest BCUT2D eigenvalue weighted by Gasteiger charge is -2.14. The van der Waals surface area contributed by atoms with Gasteiger partial charge in [0.25, 0.3) is 5.91 Å². The summed E-state index contributed by atoms with van der Waals surface area (Å²) in [5.41, 5.74) is 0.439. The topological polar surface area (TPSA) is 120 Å². The third-order valence-electron chi connectivity index (χ3n) is 3.86. The van der Waals surface area contributed by atoms with Gasteiger partial charge in [-0.1, -0.05) is 12.1 Å². The zero-order valence-corrected chi connectivity index (χ0v) is 17.7. The summed E-state index contributed by atoms with van der Waals surface area (Å²) in [5, 5.41) is 2.58. The number of sulfonamides is 1. The van der Waals surface area contributed by atoms with E-state index in [1.165, 1.54) is 38.3 Å². The first kappa shape index (κ1) is 23.2. The Morgan fingerprint density at radius 3 is 2.37 bits per heavy atom. The number of nitrogens with one attached hydrogen (secondary N) is 2. The van der Waals surface area contributed by atoms with Crippen molar-refractivity contribution in [3.8, 4) is 11.5 Å². The van der Waals surface area contributed by atoms with Crippen LogP contribution >= 0.6 is 0 Å². The number of methoxy groups -OCH3 is 1. The molecule has 10 heteroatoms. The zero-order valence-electron chi connectivity index (χ0n) is 16.9. The second-order valence-corrected chi connectivity index (χ2v) is 7.82. The average Bonchev–Trinajstić information content (AvgIpc) is 2.73. The van der Waals surface area contributed by atoms with E-state index in [1.54, 1.807) is 24.3 Å². The zero-order chi connectivity index (χ0) is 22.1. The largest absolute Gasteiger partial charge is 0.497 e.